The van der Waals surface area contributed by atoms with Gasteiger partial charge in [0.25, 0.3) is 5.91 Å². The molecule has 0 bridgehead atoms. The van der Waals surface area contributed by atoms with E-state index >= 15 is 0 Å². The van der Waals surface area contributed by atoms with E-state index in [9.17, 15) is 13.6 Å². The second-order valence-corrected chi connectivity index (χ2v) is 7.60. The minimum atomic E-state index is -0.913. The molecule has 1 amide bonds. The van der Waals surface area contributed by atoms with Gasteiger partial charge in [0.1, 0.15) is 0 Å². The first kappa shape index (κ1) is 19.2. The Kier molecular flexibility index (Phi) is 5.67. The number of hydrogen-bond acceptors (Lipinski definition) is 4. The minimum Gasteiger partial charge on any atom is -0.347 e. The predicted molar refractivity (Wildman–Crippen MR) is 102 cm³/mol. The Morgan fingerprint density at radius 3 is 2.67 bits per heavy atom. The SMILES string of the molecule is Cc1[nH]ncc1-c1cc(C(=O)NC(CN)Cc2ccc(F)c(F)c2)sc1C. The lowest BCUT2D eigenvalue weighted by Gasteiger charge is -2.16. The number of aromatic nitrogens is 2. The highest BCUT2D eigenvalue weighted by Crippen LogP contribution is 2.32. The molecule has 0 saturated carbocycles. The van der Waals surface area contributed by atoms with Gasteiger partial charge in [-0.25, -0.2) is 8.78 Å². The van der Waals surface area contributed by atoms with Gasteiger partial charge in [0.15, 0.2) is 11.6 Å². The first-order valence-electron chi connectivity index (χ1n) is 8.44. The van der Waals surface area contributed by atoms with E-state index in [0.717, 1.165) is 33.8 Å². The molecule has 1 unspecified atom stereocenters. The third kappa shape index (κ3) is 4.23. The van der Waals surface area contributed by atoms with Crippen LogP contribution in [0.4, 0.5) is 8.78 Å². The highest BCUT2D eigenvalue weighted by molar-refractivity contribution is 7.14. The van der Waals surface area contributed by atoms with Crippen LogP contribution in [0.25, 0.3) is 11.1 Å². The highest BCUT2D eigenvalue weighted by atomic mass is 32.1. The largest absolute Gasteiger partial charge is 0.347 e. The number of H-pyrrole nitrogens is 1. The number of nitrogens with one attached hydrogen (secondary N) is 2. The third-order valence-corrected chi connectivity index (χ3v) is 5.40. The van der Waals surface area contributed by atoms with Crippen LogP contribution in [0.2, 0.25) is 0 Å². The van der Waals surface area contributed by atoms with Crippen LogP contribution in [0.15, 0.2) is 30.5 Å². The Balaban J connectivity index is 1.73. The third-order valence-electron chi connectivity index (χ3n) is 4.35. The molecule has 0 saturated heterocycles. The molecule has 0 aliphatic heterocycles. The van der Waals surface area contributed by atoms with Crippen LogP contribution < -0.4 is 11.1 Å². The molecule has 0 radical (unpaired) electrons. The monoisotopic (exact) mass is 390 g/mol. The highest BCUT2D eigenvalue weighted by Gasteiger charge is 2.19. The molecular formula is C19H20F2N4OS. The fraction of sp³-hybridized carbons (Fsp3) is 0.263. The van der Waals surface area contributed by atoms with Crippen molar-refractivity contribution in [1.29, 1.82) is 0 Å². The Hall–Kier alpha value is -2.58. The Labute approximate surface area is 159 Å². The number of benzene rings is 1. The molecule has 1 aromatic carbocycles. The Bertz CT molecular complexity index is 967. The van der Waals surface area contributed by atoms with Gasteiger partial charge in [-0.2, -0.15) is 5.10 Å². The summed E-state index contributed by atoms with van der Waals surface area (Å²) in [5, 5.41) is 9.78. The lowest BCUT2D eigenvalue weighted by Crippen LogP contribution is -2.41. The molecule has 27 heavy (non-hydrogen) atoms. The van der Waals surface area contributed by atoms with E-state index in [1.807, 2.05) is 19.9 Å². The molecule has 142 valence electrons. The summed E-state index contributed by atoms with van der Waals surface area (Å²) in [5.74, 6) is -2.06. The van der Waals surface area contributed by atoms with E-state index in [2.05, 4.69) is 15.5 Å². The molecule has 2 aromatic heterocycles. The zero-order chi connectivity index (χ0) is 19.6. The number of nitrogens with zero attached hydrogens (tertiary/aromatic N) is 1. The Morgan fingerprint density at radius 1 is 1.26 bits per heavy atom. The number of carbonyl (C=O) groups is 1. The van der Waals surface area contributed by atoms with Gasteiger partial charge in [0, 0.05) is 28.7 Å². The number of nitrogens with two attached hydrogens (primary N) is 1. The van der Waals surface area contributed by atoms with Crippen molar-refractivity contribution in [2.75, 3.05) is 6.54 Å². The molecule has 4 N–H and O–H groups in total. The summed E-state index contributed by atoms with van der Waals surface area (Å²) in [5.41, 5.74) is 9.18. The Morgan fingerprint density at radius 2 is 2.04 bits per heavy atom. The molecule has 0 aliphatic carbocycles. The average Bonchev–Trinajstić information content (AvgIpc) is 3.22. The second-order valence-electron chi connectivity index (χ2n) is 6.35. The molecule has 5 nitrogen and oxygen atoms in total. The van der Waals surface area contributed by atoms with Crippen molar-refractivity contribution < 1.29 is 13.6 Å². The topological polar surface area (TPSA) is 83.8 Å². The number of carbonyl (C=O) groups excluding carboxylic acids is 1. The van der Waals surface area contributed by atoms with Crippen LogP contribution in [0.3, 0.4) is 0 Å². The standard InChI is InChI=1S/C19H20F2N4OS/c1-10-15(9-23-25-10)14-7-18(27-11(14)2)19(26)24-13(8-22)5-12-3-4-16(20)17(21)6-12/h3-4,6-7,9,13H,5,8,22H2,1-2H3,(H,23,25)(H,24,26). The lowest BCUT2D eigenvalue weighted by atomic mass is 10.1. The van der Waals surface area contributed by atoms with Crippen molar-refractivity contribution in [3.05, 3.63) is 63.1 Å². The van der Waals surface area contributed by atoms with Crippen LogP contribution in [0.1, 0.15) is 25.8 Å². The van der Waals surface area contributed by atoms with E-state index in [4.69, 9.17) is 5.73 Å². The van der Waals surface area contributed by atoms with Gasteiger partial charge in [0.05, 0.1) is 11.1 Å². The zero-order valence-corrected chi connectivity index (χ0v) is 15.8. The van der Waals surface area contributed by atoms with Gasteiger partial charge in [-0.05, 0) is 49.6 Å². The number of rotatable bonds is 6. The maximum atomic E-state index is 13.4. The normalized spacial score (nSPS) is 12.2. The summed E-state index contributed by atoms with van der Waals surface area (Å²) in [6, 6.07) is 5.13. The second kappa shape index (κ2) is 7.98. The number of amides is 1. The summed E-state index contributed by atoms with van der Waals surface area (Å²) in [6.07, 6.45) is 2.05. The van der Waals surface area contributed by atoms with Crippen molar-refractivity contribution in [2.24, 2.45) is 5.73 Å². The first-order chi connectivity index (χ1) is 12.9. The van der Waals surface area contributed by atoms with Crippen LogP contribution >= 0.6 is 11.3 Å². The van der Waals surface area contributed by atoms with E-state index < -0.39 is 11.6 Å². The van der Waals surface area contributed by atoms with Crippen LogP contribution in [-0.2, 0) is 6.42 Å². The van der Waals surface area contributed by atoms with Gasteiger partial charge >= 0.3 is 0 Å². The van der Waals surface area contributed by atoms with Gasteiger partial charge in [-0.1, -0.05) is 6.07 Å². The van der Waals surface area contributed by atoms with E-state index in [0.29, 0.717) is 16.9 Å². The number of halogens is 2. The zero-order valence-electron chi connectivity index (χ0n) is 15.0. The van der Waals surface area contributed by atoms with E-state index in [-0.39, 0.29) is 18.5 Å². The molecular weight excluding hydrogens is 370 g/mol. The molecule has 1 atom stereocenters. The van der Waals surface area contributed by atoms with Crippen LogP contribution in [0, 0.1) is 25.5 Å². The molecule has 8 heteroatoms. The quantitative estimate of drug-likeness (QED) is 0.604. The van der Waals surface area contributed by atoms with Gasteiger partial charge in [0.2, 0.25) is 0 Å². The minimum absolute atomic E-state index is 0.183. The fourth-order valence-electron chi connectivity index (χ4n) is 2.88. The predicted octanol–water partition coefficient (Wildman–Crippen LogP) is 3.33. The molecule has 3 aromatic rings. The maximum absolute atomic E-state index is 13.4. The molecule has 0 fully saturated rings. The van der Waals surface area contributed by atoms with Gasteiger partial charge in [-0.3, -0.25) is 9.89 Å². The molecule has 3 rings (SSSR count). The number of aryl methyl sites for hydroxylation is 2. The van der Waals surface area contributed by atoms with Crippen molar-refractivity contribution >= 4 is 17.2 Å². The summed E-state index contributed by atoms with van der Waals surface area (Å²) in [7, 11) is 0. The summed E-state index contributed by atoms with van der Waals surface area (Å²) >= 11 is 1.39. The number of aromatic amines is 1. The summed E-state index contributed by atoms with van der Waals surface area (Å²) in [6.45, 7) is 4.05. The number of hydrogen-bond donors (Lipinski definition) is 3. The fourth-order valence-corrected chi connectivity index (χ4v) is 3.82. The maximum Gasteiger partial charge on any atom is 0.261 e. The molecule has 0 aliphatic rings. The van der Waals surface area contributed by atoms with Crippen molar-refractivity contribution in [3.63, 3.8) is 0 Å². The molecule has 2 heterocycles. The summed E-state index contributed by atoms with van der Waals surface area (Å²) in [4.78, 5) is 14.2. The summed E-state index contributed by atoms with van der Waals surface area (Å²) < 4.78 is 26.4. The lowest BCUT2D eigenvalue weighted by molar-refractivity contribution is 0.0942. The van der Waals surface area contributed by atoms with Crippen molar-refractivity contribution in [2.45, 2.75) is 26.3 Å². The van der Waals surface area contributed by atoms with Gasteiger partial charge < -0.3 is 11.1 Å². The van der Waals surface area contributed by atoms with E-state index in [1.54, 1.807) is 6.20 Å². The van der Waals surface area contributed by atoms with Crippen LogP contribution in [-0.4, -0.2) is 28.7 Å². The van der Waals surface area contributed by atoms with Crippen LogP contribution in [0.5, 0.6) is 0 Å². The van der Waals surface area contributed by atoms with Gasteiger partial charge in [-0.15, -0.1) is 11.3 Å². The van der Waals surface area contributed by atoms with Crippen molar-refractivity contribution in [1.82, 2.24) is 15.5 Å². The number of thiophene rings is 1. The average molecular weight is 390 g/mol. The first-order valence-corrected chi connectivity index (χ1v) is 9.26. The van der Waals surface area contributed by atoms with E-state index in [1.165, 1.54) is 17.4 Å². The van der Waals surface area contributed by atoms with Crippen molar-refractivity contribution in [3.8, 4) is 11.1 Å². The smallest absolute Gasteiger partial charge is 0.261 e. The molecule has 0 spiro atoms.